The second kappa shape index (κ2) is 6.07. The molecule has 1 rings (SSSR count). The third kappa shape index (κ3) is 3.89. The zero-order chi connectivity index (χ0) is 4.41. The van der Waals surface area contributed by atoms with E-state index in [4.69, 9.17) is 0 Å². The summed E-state index contributed by atoms with van der Waals surface area (Å²) in [5.41, 5.74) is 0. The molecule has 0 fully saturated rings. The summed E-state index contributed by atoms with van der Waals surface area (Å²) >= 11 is 1.54. The fraction of sp³-hybridized carbons (Fsp3) is 0.200. The van der Waals surface area contributed by atoms with Crippen molar-refractivity contribution >= 4 is 0 Å². The molecule has 0 amide bonds. The summed E-state index contributed by atoms with van der Waals surface area (Å²) in [7, 11) is 0. The number of rotatable bonds is 0. The van der Waals surface area contributed by atoms with E-state index in [-0.39, 0.29) is 24.8 Å². The third-order valence-corrected chi connectivity index (χ3v) is 1.68. The first-order valence-corrected chi connectivity index (χ1v) is 3.21. The maximum absolute atomic E-state index is 2.25. The molecule has 0 saturated carbocycles. The zero-order valence-corrected chi connectivity index (χ0v) is 8.16. The van der Waals surface area contributed by atoms with Crippen LogP contribution in [-0.2, 0) is 24.7 Å². The Labute approximate surface area is 77.1 Å². The van der Waals surface area contributed by atoms with Gasteiger partial charge in [-0.2, -0.15) is 0 Å². The Morgan fingerprint density at radius 3 is 2.12 bits per heavy atom. The van der Waals surface area contributed by atoms with Gasteiger partial charge in [0.15, 0.2) is 0 Å². The Kier molecular flexibility index (Phi) is 8.88. The molecule has 8 heavy (non-hydrogen) atoms. The van der Waals surface area contributed by atoms with E-state index >= 15 is 0 Å². The van der Waals surface area contributed by atoms with Crippen LogP contribution in [0.15, 0.2) is 21.5 Å². The van der Waals surface area contributed by atoms with Gasteiger partial charge in [0, 0.05) is 0 Å². The summed E-state index contributed by atoms with van der Waals surface area (Å²) in [6, 6.07) is 0. The molecule has 0 aromatic heterocycles. The Hall–Kier alpha value is 0.943. The van der Waals surface area contributed by atoms with E-state index in [1.165, 1.54) is 34.4 Å². The van der Waals surface area contributed by atoms with Gasteiger partial charge in [-0.05, 0) is 0 Å². The Bertz CT molecular complexity index is 104. The van der Waals surface area contributed by atoms with Gasteiger partial charge in [0.05, 0.1) is 0 Å². The second-order valence-corrected chi connectivity index (χ2v) is 2.72. The van der Waals surface area contributed by atoms with E-state index < -0.39 is 0 Å². The standard InChI is InChI=1S/C5H5.2ClH.Zr/c1-2-4-5-3-1;;;/h1-2,5H,3H2;2*1H;/q;;;+2/p-2. The van der Waals surface area contributed by atoms with E-state index in [1.807, 2.05) is 0 Å². The van der Waals surface area contributed by atoms with Crippen LogP contribution >= 0.6 is 0 Å². The van der Waals surface area contributed by atoms with E-state index in [2.05, 4.69) is 18.2 Å². The molecule has 0 bridgehead atoms. The normalized spacial score (nSPS) is 14.0. The quantitative estimate of drug-likeness (QED) is 0.391. The molecule has 0 unspecified atom stereocenters. The van der Waals surface area contributed by atoms with E-state index in [0.717, 1.165) is 0 Å². The van der Waals surface area contributed by atoms with Crippen molar-refractivity contribution < 1.29 is 49.5 Å². The maximum atomic E-state index is 2.25. The number of halogens is 2. The summed E-state index contributed by atoms with van der Waals surface area (Å²) in [6.07, 6.45) is 7.78. The van der Waals surface area contributed by atoms with Gasteiger partial charge >= 0.3 is 52.6 Å². The molecular formula is C5H5Cl2Zr. The van der Waals surface area contributed by atoms with Crippen molar-refractivity contribution in [1.82, 2.24) is 0 Å². The van der Waals surface area contributed by atoms with Gasteiger partial charge < -0.3 is 24.8 Å². The number of allylic oxidation sites excluding steroid dienone is 4. The predicted molar refractivity (Wildman–Crippen MR) is 21.8 cm³/mol. The average Bonchev–Trinajstić information content (AvgIpc) is 1.86. The molecule has 0 atom stereocenters. The predicted octanol–water partition coefficient (Wildman–Crippen LogP) is -4.61. The molecule has 1 aliphatic carbocycles. The van der Waals surface area contributed by atoms with Crippen LogP contribution in [-0.4, -0.2) is 0 Å². The first kappa shape index (κ1) is 11.7. The summed E-state index contributed by atoms with van der Waals surface area (Å²) in [5, 5.41) is 0. The van der Waals surface area contributed by atoms with Crippen molar-refractivity contribution in [2.45, 2.75) is 6.42 Å². The molecule has 0 nitrogen and oxygen atoms in total. The van der Waals surface area contributed by atoms with Gasteiger partial charge in [-0.1, -0.05) is 0 Å². The molecule has 0 saturated heterocycles. The van der Waals surface area contributed by atoms with Crippen molar-refractivity contribution in [1.29, 1.82) is 0 Å². The minimum atomic E-state index is 0. The van der Waals surface area contributed by atoms with E-state index in [1.54, 1.807) is 0 Å². The molecule has 1 aliphatic rings. The van der Waals surface area contributed by atoms with Crippen molar-refractivity contribution in [2.24, 2.45) is 0 Å². The van der Waals surface area contributed by atoms with Crippen LogP contribution in [0, 0.1) is 0 Å². The van der Waals surface area contributed by atoms with Crippen LogP contribution in [0.1, 0.15) is 6.42 Å². The van der Waals surface area contributed by atoms with Crippen LogP contribution in [0.25, 0.3) is 0 Å². The third-order valence-electron chi connectivity index (χ3n) is 0.771. The molecule has 0 N–H and O–H groups in total. The Morgan fingerprint density at radius 2 is 2.00 bits per heavy atom. The van der Waals surface area contributed by atoms with Crippen LogP contribution in [0.5, 0.6) is 0 Å². The van der Waals surface area contributed by atoms with Gasteiger partial charge in [0.25, 0.3) is 0 Å². The van der Waals surface area contributed by atoms with Gasteiger partial charge in [-0.25, -0.2) is 0 Å². The Balaban J connectivity index is 0. The van der Waals surface area contributed by atoms with Crippen LogP contribution in [0.4, 0.5) is 0 Å². The summed E-state index contributed by atoms with van der Waals surface area (Å²) in [5.74, 6) is 0. The van der Waals surface area contributed by atoms with E-state index in [0.29, 0.717) is 0 Å². The van der Waals surface area contributed by atoms with Gasteiger partial charge in [-0.3, -0.25) is 0 Å². The van der Waals surface area contributed by atoms with Crippen LogP contribution < -0.4 is 24.8 Å². The van der Waals surface area contributed by atoms with Gasteiger partial charge in [-0.15, -0.1) is 0 Å². The van der Waals surface area contributed by atoms with Crippen LogP contribution in [0.2, 0.25) is 0 Å². The molecule has 3 heteroatoms. The molecular weight excluding hydrogens is 222 g/mol. The molecule has 43 valence electrons. The SMILES string of the molecule is [Cl-].[Cl-].[Zr+2][C]1=CCC=C1. The summed E-state index contributed by atoms with van der Waals surface area (Å²) in [6.45, 7) is 0. The molecule has 0 heterocycles. The molecule has 0 aliphatic heterocycles. The van der Waals surface area contributed by atoms with Crippen molar-refractivity contribution in [2.75, 3.05) is 0 Å². The summed E-state index contributed by atoms with van der Waals surface area (Å²) < 4.78 is 1.49. The first-order valence-electron chi connectivity index (χ1n) is 1.98. The number of hydrogen-bond donors (Lipinski definition) is 0. The molecule has 0 aromatic carbocycles. The van der Waals surface area contributed by atoms with Crippen molar-refractivity contribution in [3.8, 4) is 0 Å². The second-order valence-electron chi connectivity index (χ2n) is 1.30. The van der Waals surface area contributed by atoms with Crippen LogP contribution in [0.3, 0.4) is 0 Å². The van der Waals surface area contributed by atoms with Gasteiger partial charge in [0.1, 0.15) is 0 Å². The molecule has 0 spiro atoms. The monoisotopic (exact) mass is 225 g/mol. The average molecular weight is 227 g/mol. The fourth-order valence-electron chi connectivity index (χ4n) is 0.458. The Morgan fingerprint density at radius 1 is 1.38 bits per heavy atom. The molecule has 0 radical (unpaired) electrons. The van der Waals surface area contributed by atoms with Gasteiger partial charge in [0.2, 0.25) is 0 Å². The topological polar surface area (TPSA) is 0 Å². The zero-order valence-electron chi connectivity index (χ0n) is 4.20. The van der Waals surface area contributed by atoms with Crippen molar-refractivity contribution in [3.63, 3.8) is 0 Å². The summed E-state index contributed by atoms with van der Waals surface area (Å²) in [4.78, 5) is 0. The first-order chi connectivity index (χ1) is 2.89. The fourth-order valence-corrected chi connectivity index (χ4v) is 1.04. The molecule has 0 aromatic rings. The van der Waals surface area contributed by atoms with E-state index in [9.17, 15) is 0 Å². The van der Waals surface area contributed by atoms with Crippen molar-refractivity contribution in [3.05, 3.63) is 21.5 Å². The minimum absolute atomic E-state index is 0. The number of hydrogen-bond acceptors (Lipinski definition) is 0.